The number of aryl methyl sites for hydroxylation is 1. The summed E-state index contributed by atoms with van der Waals surface area (Å²) in [5.41, 5.74) is 10.0. The Labute approximate surface area is 251 Å². The molecule has 2 aliphatic rings. The van der Waals surface area contributed by atoms with Gasteiger partial charge in [-0.25, -0.2) is 14.4 Å². The number of benzene rings is 4. The fourth-order valence-electron chi connectivity index (χ4n) is 6.71. The zero-order valence-corrected chi connectivity index (χ0v) is 24.6. The molecule has 0 aliphatic heterocycles. The molecule has 2 unspecified atom stereocenters. The quantitative estimate of drug-likeness (QED) is 0.166. The summed E-state index contributed by atoms with van der Waals surface area (Å²) in [5.74, 6) is -0.986. The van der Waals surface area contributed by atoms with Gasteiger partial charge < -0.3 is 14.2 Å². The van der Waals surface area contributed by atoms with Crippen molar-refractivity contribution >= 4 is 17.9 Å². The average molecular weight is 575 g/mol. The predicted octanol–water partition coefficient (Wildman–Crippen LogP) is 7.73. The van der Waals surface area contributed by atoms with Gasteiger partial charge in [0.25, 0.3) is 0 Å². The maximum atomic E-state index is 13.2. The van der Waals surface area contributed by atoms with Crippen molar-refractivity contribution in [3.05, 3.63) is 118 Å². The molecule has 4 aromatic carbocycles. The average Bonchev–Trinajstić information content (AvgIpc) is 3.04. The molecule has 0 fully saturated rings. The summed E-state index contributed by atoms with van der Waals surface area (Å²) >= 11 is 0. The fourth-order valence-corrected chi connectivity index (χ4v) is 6.71. The highest BCUT2D eigenvalue weighted by Gasteiger charge is 2.40. The number of carbonyl (C=O) groups is 3. The van der Waals surface area contributed by atoms with E-state index in [-0.39, 0.29) is 30.4 Å². The van der Waals surface area contributed by atoms with Gasteiger partial charge in [-0.3, -0.25) is 0 Å². The van der Waals surface area contributed by atoms with Crippen molar-refractivity contribution in [1.82, 2.24) is 0 Å². The molecule has 43 heavy (non-hydrogen) atoms. The molecule has 0 spiro atoms. The van der Waals surface area contributed by atoms with E-state index in [4.69, 9.17) is 14.2 Å². The summed E-state index contributed by atoms with van der Waals surface area (Å²) in [5, 5.41) is 0. The van der Waals surface area contributed by atoms with Crippen LogP contribution in [0.25, 0.3) is 22.3 Å². The van der Waals surface area contributed by atoms with E-state index in [1.54, 1.807) is 39.0 Å². The Kier molecular flexibility index (Phi) is 7.85. The largest absolute Gasteiger partial charge is 0.462 e. The van der Waals surface area contributed by atoms with Gasteiger partial charge in [0, 0.05) is 5.92 Å². The molecule has 4 aromatic rings. The maximum absolute atomic E-state index is 13.2. The molecule has 218 valence electrons. The van der Waals surface area contributed by atoms with E-state index in [1.165, 1.54) is 11.1 Å². The lowest BCUT2D eigenvalue weighted by Crippen LogP contribution is -2.26. The van der Waals surface area contributed by atoms with Crippen LogP contribution in [0.5, 0.6) is 0 Å². The number of esters is 3. The van der Waals surface area contributed by atoms with Crippen molar-refractivity contribution in [1.29, 1.82) is 0 Å². The lowest BCUT2D eigenvalue weighted by Gasteiger charge is -2.41. The van der Waals surface area contributed by atoms with Gasteiger partial charge in [0.2, 0.25) is 0 Å². The first-order valence-corrected chi connectivity index (χ1v) is 15.0. The van der Waals surface area contributed by atoms with Crippen molar-refractivity contribution in [2.75, 3.05) is 19.8 Å². The van der Waals surface area contributed by atoms with Gasteiger partial charge in [-0.2, -0.15) is 0 Å². The second-order valence-electron chi connectivity index (χ2n) is 10.8. The highest BCUT2D eigenvalue weighted by Crippen LogP contribution is 2.57. The number of rotatable bonds is 7. The Morgan fingerprint density at radius 1 is 0.628 bits per heavy atom. The maximum Gasteiger partial charge on any atom is 0.338 e. The van der Waals surface area contributed by atoms with Crippen LogP contribution in [0.1, 0.15) is 92.4 Å². The molecule has 2 aliphatic carbocycles. The summed E-state index contributed by atoms with van der Waals surface area (Å²) < 4.78 is 16.0. The molecule has 6 nitrogen and oxygen atoms in total. The van der Waals surface area contributed by atoms with E-state index in [0.29, 0.717) is 29.9 Å². The van der Waals surface area contributed by atoms with Crippen molar-refractivity contribution in [2.45, 2.75) is 45.4 Å². The van der Waals surface area contributed by atoms with Crippen LogP contribution in [0, 0.1) is 0 Å². The fraction of sp³-hybridized carbons (Fsp3) is 0.270. The zero-order valence-electron chi connectivity index (χ0n) is 24.6. The van der Waals surface area contributed by atoms with Gasteiger partial charge in [-0.1, -0.05) is 42.5 Å². The second kappa shape index (κ2) is 11.9. The van der Waals surface area contributed by atoms with Gasteiger partial charge in [-0.15, -0.1) is 0 Å². The van der Waals surface area contributed by atoms with Gasteiger partial charge in [0.1, 0.15) is 0 Å². The third-order valence-electron chi connectivity index (χ3n) is 8.47. The summed E-state index contributed by atoms with van der Waals surface area (Å²) in [6.07, 6.45) is 1.83. The monoisotopic (exact) mass is 574 g/mol. The normalized spacial score (nSPS) is 16.2. The summed E-state index contributed by atoms with van der Waals surface area (Å²) in [7, 11) is 0. The van der Waals surface area contributed by atoms with Gasteiger partial charge in [-0.05, 0) is 120 Å². The second-order valence-corrected chi connectivity index (χ2v) is 10.8. The van der Waals surface area contributed by atoms with E-state index in [0.717, 1.165) is 46.2 Å². The lowest BCUT2D eigenvalue weighted by molar-refractivity contribution is 0.0516. The van der Waals surface area contributed by atoms with Crippen LogP contribution in [0.15, 0.2) is 78.9 Å². The number of ether oxygens (including phenoxy) is 3. The molecule has 0 amide bonds. The van der Waals surface area contributed by atoms with Crippen molar-refractivity contribution in [3.63, 3.8) is 0 Å². The zero-order chi connectivity index (χ0) is 30.1. The standard InChI is InChI=1S/C37H34O6/c1-4-41-35(38)24-13-11-23(12-14-24)30-20-26(37(40)43-6-3)21-32-28-17-16-25(36(39)42-5-2)19-31(28)33-27-10-8-7-9-22(27)15-18-29(33)34(30)32/h7-14,16-17,19-21,29,33H,4-6,15,18H2,1-3H3. The molecule has 0 aromatic heterocycles. The van der Waals surface area contributed by atoms with Crippen molar-refractivity contribution in [3.8, 4) is 22.3 Å². The molecule has 0 saturated heterocycles. The molecule has 0 heterocycles. The van der Waals surface area contributed by atoms with Gasteiger partial charge in [0.15, 0.2) is 0 Å². The summed E-state index contributed by atoms with van der Waals surface area (Å²) in [6, 6.07) is 25.5. The third kappa shape index (κ3) is 5.11. The highest BCUT2D eigenvalue weighted by molar-refractivity contribution is 5.98. The molecule has 0 bridgehead atoms. The molecular weight excluding hydrogens is 540 g/mol. The molecule has 0 radical (unpaired) electrons. The molecule has 0 N–H and O–H groups in total. The highest BCUT2D eigenvalue weighted by atomic mass is 16.5. The lowest BCUT2D eigenvalue weighted by atomic mass is 9.62. The third-order valence-corrected chi connectivity index (χ3v) is 8.47. The Morgan fingerprint density at radius 3 is 1.93 bits per heavy atom. The summed E-state index contributed by atoms with van der Waals surface area (Å²) in [4.78, 5) is 38.4. The predicted molar refractivity (Wildman–Crippen MR) is 165 cm³/mol. The minimum atomic E-state index is -0.393. The van der Waals surface area contributed by atoms with E-state index in [2.05, 4.69) is 24.3 Å². The Balaban J connectivity index is 1.61. The Bertz CT molecular complexity index is 1700. The Hall–Kier alpha value is -4.71. The SMILES string of the molecule is CCOC(=O)c1ccc(-c2cc(C(=O)OCC)cc3c2C2CCc4ccccc4C2c2cc(C(=O)OCC)ccc2-3)cc1. The number of hydrogen-bond acceptors (Lipinski definition) is 6. The summed E-state index contributed by atoms with van der Waals surface area (Å²) in [6.45, 7) is 6.25. The molecule has 6 rings (SSSR count). The van der Waals surface area contributed by atoms with E-state index in [1.807, 2.05) is 36.4 Å². The van der Waals surface area contributed by atoms with Crippen LogP contribution in [0.4, 0.5) is 0 Å². The minimum Gasteiger partial charge on any atom is -0.462 e. The molecule has 2 atom stereocenters. The van der Waals surface area contributed by atoms with E-state index >= 15 is 0 Å². The first kappa shape index (κ1) is 28.4. The number of hydrogen-bond donors (Lipinski definition) is 0. The van der Waals surface area contributed by atoms with Gasteiger partial charge >= 0.3 is 17.9 Å². The van der Waals surface area contributed by atoms with Gasteiger partial charge in [0.05, 0.1) is 36.5 Å². The van der Waals surface area contributed by atoms with Crippen LogP contribution in [-0.4, -0.2) is 37.7 Å². The number of carbonyl (C=O) groups excluding carboxylic acids is 3. The van der Waals surface area contributed by atoms with Crippen molar-refractivity contribution in [2.24, 2.45) is 0 Å². The van der Waals surface area contributed by atoms with Crippen LogP contribution >= 0.6 is 0 Å². The molecule has 6 heteroatoms. The molecule has 0 saturated carbocycles. The first-order valence-electron chi connectivity index (χ1n) is 15.0. The van der Waals surface area contributed by atoms with E-state index in [9.17, 15) is 14.4 Å². The van der Waals surface area contributed by atoms with Crippen molar-refractivity contribution < 1.29 is 28.6 Å². The minimum absolute atomic E-state index is 0.0211. The van der Waals surface area contributed by atoms with E-state index < -0.39 is 5.97 Å². The van der Waals surface area contributed by atoms with Crippen LogP contribution in [0.2, 0.25) is 0 Å². The topological polar surface area (TPSA) is 78.9 Å². The smallest absolute Gasteiger partial charge is 0.338 e. The Morgan fingerprint density at radius 2 is 1.23 bits per heavy atom. The number of fused-ring (bicyclic) bond motifs is 8. The van der Waals surface area contributed by atoms with Crippen LogP contribution < -0.4 is 0 Å². The first-order chi connectivity index (χ1) is 20.9. The molecular formula is C37H34O6. The van der Waals surface area contributed by atoms with Crippen LogP contribution in [-0.2, 0) is 20.6 Å². The van der Waals surface area contributed by atoms with Crippen LogP contribution in [0.3, 0.4) is 0 Å².